The van der Waals surface area contributed by atoms with Crippen LogP contribution in [0.2, 0.25) is 0 Å². The molecule has 0 aliphatic carbocycles. The summed E-state index contributed by atoms with van der Waals surface area (Å²) in [6.07, 6.45) is 0. The molecule has 1 aromatic rings. The lowest BCUT2D eigenvalue weighted by molar-refractivity contribution is 0.478. The zero-order chi connectivity index (χ0) is 25.6. The van der Waals surface area contributed by atoms with E-state index in [4.69, 9.17) is 27.7 Å². The molecule has 0 heterocycles. The van der Waals surface area contributed by atoms with Gasteiger partial charge in [-0.25, -0.2) is 0 Å². The lowest BCUT2D eigenvalue weighted by Gasteiger charge is -2.25. The Balaban J connectivity index is 4.06. The predicted molar refractivity (Wildman–Crippen MR) is 120 cm³/mol. The topological polar surface area (TPSA) is 298 Å². The van der Waals surface area contributed by atoms with Crippen LogP contribution in [-0.4, -0.2) is 45.7 Å². The second-order valence-electron chi connectivity index (χ2n) is 6.87. The van der Waals surface area contributed by atoms with Crippen molar-refractivity contribution in [2.45, 2.75) is 29.6 Å². The maximum atomic E-state index is 12.4. The summed E-state index contributed by atoms with van der Waals surface area (Å²) in [5.41, 5.74) is 44.0. The molecular formula is C15H19N15O3S. The van der Waals surface area contributed by atoms with Crippen LogP contribution in [0.25, 0.3) is 52.2 Å². The van der Waals surface area contributed by atoms with Gasteiger partial charge in [0.1, 0.15) is 4.90 Å². The fourth-order valence-corrected chi connectivity index (χ4v) is 4.30. The molecule has 1 rings (SSSR count). The molecule has 0 aliphatic heterocycles. The van der Waals surface area contributed by atoms with Gasteiger partial charge in [-0.05, 0) is 62.1 Å². The molecule has 18 nitrogen and oxygen atoms in total. The summed E-state index contributed by atoms with van der Waals surface area (Å²) in [5, 5.41) is 17.3. The lowest BCUT2D eigenvalue weighted by Crippen LogP contribution is -2.19. The molecule has 0 saturated heterocycles. The Hall–Kier alpha value is -4.32. The van der Waals surface area contributed by atoms with Crippen molar-refractivity contribution in [2.24, 2.45) is 25.6 Å². The average molecular weight is 489 g/mol. The molecule has 0 bridgehead atoms. The van der Waals surface area contributed by atoms with E-state index in [2.05, 4.69) is 50.1 Å². The molecule has 1 atom stereocenters. The highest BCUT2D eigenvalue weighted by molar-refractivity contribution is 7.86. The Bertz CT molecular complexity index is 1190. The van der Waals surface area contributed by atoms with Gasteiger partial charge in [0.15, 0.2) is 0 Å². The molecular weight excluding hydrogens is 470 g/mol. The summed E-state index contributed by atoms with van der Waals surface area (Å²) in [6, 6.07) is 2.77. The fraction of sp³-hybridized carbons (Fsp3) is 0.600. The third-order valence-electron chi connectivity index (χ3n) is 4.75. The molecule has 1 N–H and O–H groups in total. The van der Waals surface area contributed by atoms with Crippen LogP contribution in [0.1, 0.15) is 41.4 Å². The number of azide groups is 5. The summed E-state index contributed by atoms with van der Waals surface area (Å²) < 4.78 is 35.0. The van der Waals surface area contributed by atoms with Gasteiger partial charge in [0, 0.05) is 57.3 Å². The van der Waals surface area contributed by atoms with Gasteiger partial charge in [0.2, 0.25) is 0 Å². The Kier molecular flexibility index (Phi) is 11.4. The number of nitrogens with zero attached hydrogens (tertiary/aromatic N) is 15. The smallest absolute Gasteiger partial charge is 0.282 e. The number of hydrogen-bond donors (Lipinski definition) is 1. The minimum Gasteiger partial charge on any atom is -0.282 e. The van der Waals surface area contributed by atoms with Crippen molar-refractivity contribution in [3.05, 3.63) is 81.0 Å². The molecule has 1 aromatic carbocycles. The van der Waals surface area contributed by atoms with E-state index in [1.807, 2.05) is 0 Å². The number of rotatable bonds is 14. The predicted octanol–water partition coefficient (Wildman–Crippen LogP) is 5.76. The van der Waals surface area contributed by atoms with Crippen molar-refractivity contribution >= 4 is 10.1 Å². The molecule has 0 aliphatic rings. The van der Waals surface area contributed by atoms with Gasteiger partial charge < -0.3 is 0 Å². The second kappa shape index (κ2) is 14.0. The minimum atomic E-state index is -4.87. The molecule has 0 radical (unpaired) electrons. The second-order valence-corrected chi connectivity index (χ2v) is 8.22. The molecule has 0 spiro atoms. The van der Waals surface area contributed by atoms with E-state index in [1.165, 1.54) is 12.1 Å². The average Bonchev–Trinajstić information content (AvgIpc) is 2.81. The van der Waals surface area contributed by atoms with Gasteiger partial charge in [-0.1, -0.05) is 44.6 Å². The molecule has 0 fully saturated rings. The van der Waals surface area contributed by atoms with Crippen LogP contribution in [0.15, 0.2) is 42.6 Å². The van der Waals surface area contributed by atoms with Crippen molar-refractivity contribution < 1.29 is 13.0 Å². The first kappa shape index (κ1) is 27.7. The molecule has 178 valence electrons. The molecule has 19 heteroatoms. The summed E-state index contributed by atoms with van der Waals surface area (Å²) in [5.74, 6) is -2.37. The Morgan fingerprint density at radius 2 is 1.12 bits per heavy atom. The van der Waals surface area contributed by atoms with Crippen molar-refractivity contribution in [3.63, 3.8) is 0 Å². The highest BCUT2D eigenvalue weighted by atomic mass is 32.2. The van der Waals surface area contributed by atoms with Gasteiger partial charge in [0.25, 0.3) is 10.1 Å². The van der Waals surface area contributed by atoms with Gasteiger partial charge in [-0.2, -0.15) is 8.42 Å². The van der Waals surface area contributed by atoms with Crippen LogP contribution in [0.5, 0.6) is 0 Å². The van der Waals surface area contributed by atoms with E-state index in [0.717, 1.165) is 0 Å². The van der Waals surface area contributed by atoms with Gasteiger partial charge in [-0.15, -0.1) is 0 Å². The van der Waals surface area contributed by atoms with Crippen LogP contribution in [0, 0.1) is 0 Å². The summed E-state index contributed by atoms with van der Waals surface area (Å²) in [4.78, 5) is 12.8. The third kappa shape index (κ3) is 7.98. The first-order valence-electron chi connectivity index (χ1n) is 9.44. The van der Waals surface area contributed by atoms with E-state index < -0.39 is 32.8 Å². The number of benzene rings is 1. The number of hydrogen-bond acceptors (Lipinski definition) is 7. The maximum absolute atomic E-state index is 12.4. The van der Waals surface area contributed by atoms with E-state index in [0.29, 0.717) is 5.56 Å². The standard InChI is InChI=1S/C15H19N15O3S/c1-9(4-21-26-16)13-2-10(11(5-22-27-17)6-23-28-18)3-14(15(13)34(31,32)33)12(7-24-29-19)8-25-30-20/h2-3,9,11-12H,4-8H2,1H3,(H,31,32,33). The first-order chi connectivity index (χ1) is 16.2. The summed E-state index contributed by atoms with van der Waals surface area (Å²) in [6.45, 7) is 0.449. The monoisotopic (exact) mass is 489 g/mol. The molecule has 0 saturated carbocycles. The van der Waals surface area contributed by atoms with Crippen molar-refractivity contribution in [2.75, 3.05) is 32.7 Å². The van der Waals surface area contributed by atoms with Gasteiger partial charge >= 0.3 is 0 Å². The maximum Gasteiger partial charge on any atom is 0.295 e. The largest absolute Gasteiger partial charge is 0.295 e. The van der Waals surface area contributed by atoms with E-state index in [9.17, 15) is 13.0 Å². The summed E-state index contributed by atoms with van der Waals surface area (Å²) >= 11 is 0. The van der Waals surface area contributed by atoms with E-state index in [-0.39, 0.29) is 43.9 Å². The zero-order valence-electron chi connectivity index (χ0n) is 17.8. The van der Waals surface area contributed by atoms with Gasteiger partial charge in [0.05, 0.1) is 0 Å². The van der Waals surface area contributed by atoms with E-state index in [1.54, 1.807) is 6.92 Å². The minimum absolute atomic E-state index is 0.0329. The SMILES string of the molecule is CC(CN=[N+]=[N-])c1cc(C(CN=[N+]=[N-])CN=[N+]=[N-])cc(C(CN=[N+]=[N-])CN=[N+]=[N-])c1S(=O)(=O)O. The Labute approximate surface area is 192 Å². The normalized spacial score (nSPS) is 12.9. The lowest BCUT2D eigenvalue weighted by atomic mass is 9.86. The Morgan fingerprint density at radius 1 is 0.735 bits per heavy atom. The first-order valence-corrected chi connectivity index (χ1v) is 10.9. The highest BCUT2D eigenvalue weighted by Crippen LogP contribution is 2.36. The van der Waals surface area contributed by atoms with Gasteiger partial charge in [-0.3, -0.25) is 4.55 Å². The van der Waals surface area contributed by atoms with Crippen LogP contribution in [-0.2, 0) is 10.1 Å². The van der Waals surface area contributed by atoms with Crippen LogP contribution >= 0.6 is 0 Å². The summed E-state index contributed by atoms with van der Waals surface area (Å²) in [7, 11) is -4.87. The third-order valence-corrected chi connectivity index (χ3v) is 5.74. The van der Waals surface area contributed by atoms with Crippen molar-refractivity contribution in [3.8, 4) is 0 Å². The molecule has 0 aromatic heterocycles. The fourth-order valence-electron chi connectivity index (χ4n) is 3.22. The van der Waals surface area contributed by atoms with Crippen molar-refractivity contribution in [1.82, 2.24) is 0 Å². The van der Waals surface area contributed by atoms with Crippen LogP contribution in [0.4, 0.5) is 0 Å². The molecule has 0 amide bonds. The van der Waals surface area contributed by atoms with E-state index >= 15 is 0 Å². The Morgan fingerprint density at radius 3 is 1.53 bits per heavy atom. The van der Waals surface area contributed by atoms with Crippen LogP contribution < -0.4 is 0 Å². The quantitative estimate of drug-likeness (QED) is 0.147. The molecule has 34 heavy (non-hydrogen) atoms. The van der Waals surface area contributed by atoms with Crippen LogP contribution in [0.3, 0.4) is 0 Å². The zero-order valence-corrected chi connectivity index (χ0v) is 18.6. The highest BCUT2D eigenvalue weighted by Gasteiger charge is 2.29. The van der Waals surface area contributed by atoms with Crippen molar-refractivity contribution in [1.29, 1.82) is 0 Å². The molecule has 1 unspecified atom stereocenters.